The number of carbonyl (C=O) groups is 3. The topological polar surface area (TPSA) is 86.7 Å². The molecule has 1 rings (SSSR count). The predicted octanol–water partition coefficient (Wildman–Crippen LogP) is -1.37. The summed E-state index contributed by atoms with van der Waals surface area (Å²) >= 11 is 0. The van der Waals surface area contributed by atoms with Crippen molar-refractivity contribution in [1.82, 2.24) is 10.2 Å². The summed E-state index contributed by atoms with van der Waals surface area (Å²) in [5.74, 6) is -1.20. The molecule has 1 unspecified atom stereocenters. The van der Waals surface area contributed by atoms with E-state index in [1.54, 1.807) is 6.92 Å². The molecule has 1 aliphatic rings. The van der Waals surface area contributed by atoms with Gasteiger partial charge in [0.1, 0.15) is 13.1 Å². The molecule has 0 saturated carbocycles. The van der Waals surface area contributed by atoms with Crippen LogP contribution < -0.4 is 5.32 Å². The molecule has 0 aliphatic carbocycles. The van der Waals surface area contributed by atoms with Crippen LogP contribution in [0, 0.1) is 0 Å². The highest BCUT2D eigenvalue weighted by molar-refractivity contribution is 6.02. The number of carbonyl (C=O) groups excluding carboxylic acids is 3. The number of piperazine rings is 1. The first kappa shape index (κ1) is 11.6. The van der Waals surface area contributed by atoms with E-state index >= 15 is 0 Å². The second kappa shape index (κ2) is 4.88. The first-order valence-corrected chi connectivity index (χ1v) is 4.77. The molecule has 15 heavy (non-hydrogen) atoms. The smallest absolute Gasteiger partial charge is 0.246 e. The predicted molar refractivity (Wildman–Crippen MR) is 50.6 cm³/mol. The van der Waals surface area contributed by atoms with E-state index in [4.69, 9.17) is 5.11 Å². The van der Waals surface area contributed by atoms with Crippen LogP contribution in [0.15, 0.2) is 0 Å². The third kappa shape index (κ3) is 3.67. The third-order valence-electron chi connectivity index (χ3n) is 2.08. The van der Waals surface area contributed by atoms with Gasteiger partial charge in [-0.3, -0.25) is 19.7 Å². The Morgan fingerprint density at radius 2 is 2.00 bits per heavy atom. The normalized spacial score (nSPS) is 18.7. The highest BCUT2D eigenvalue weighted by atomic mass is 16.3. The Morgan fingerprint density at radius 3 is 2.47 bits per heavy atom. The van der Waals surface area contributed by atoms with Crippen LogP contribution in [0.3, 0.4) is 0 Å². The molecule has 6 heteroatoms. The fraction of sp³-hybridized carbons (Fsp3) is 0.667. The van der Waals surface area contributed by atoms with Gasteiger partial charge in [-0.25, -0.2) is 0 Å². The number of aliphatic hydroxyl groups is 1. The van der Waals surface area contributed by atoms with Crippen molar-refractivity contribution < 1.29 is 19.5 Å². The number of hydrogen-bond acceptors (Lipinski definition) is 4. The van der Waals surface area contributed by atoms with Gasteiger partial charge >= 0.3 is 0 Å². The molecule has 3 amide bonds. The maximum Gasteiger partial charge on any atom is 0.246 e. The molecule has 1 fully saturated rings. The van der Waals surface area contributed by atoms with E-state index in [1.165, 1.54) is 4.90 Å². The molecule has 1 atom stereocenters. The van der Waals surface area contributed by atoms with Gasteiger partial charge in [0.2, 0.25) is 17.7 Å². The molecule has 1 heterocycles. The molecule has 84 valence electrons. The summed E-state index contributed by atoms with van der Waals surface area (Å²) in [5.41, 5.74) is 0. The minimum atomic E-state index is -0.553. The summed E-state index contributed by atoms with van der Waals surface area (Å²) in [4.78, 5) is 34.6. The second-order valence-corrected chi connectivity index (χ2v) is 3.61. The van der Waals surface area contributed by atoms with Gasteiger partial charge in [0.15, 0.2) is 0 Å². The van der Waals surface area contributed by atoms with Crippen LogP contribution in [0.4, 0.5) is 0 Å². The van der Waals surface area contributed by atoms with E-state index < -0.39 is 17.9 Å². The van der Waals surface area contributed by atoms with Gasteiger partial charge in [-0.15, -0.1) is 0 Å². The SMILES string of the molecule is CC(O)CCC(=O)N1CC(=O)NC(=O)C1. The molecule has 2 N–H and O–H groups in total. The van der Waals surface area contributed by atoms with E-state index in [2.05, 4.69) is 5.32 Å². The molecule has 0 radical (unpaired) electrons. The lowest BCUT2D eigenvalue weighted by molar-refractivity contribution is -0.145. The molecule has 0 spiro atoms. The van der Waals surface area contributed by atoms with Gasteiger partial charge in [0, 0.05) is 6.42 Å². The number of imide groups is 1. The fourth-order valence-electron chi connectivity index (χ4n) is 1.30. The summed E-state index contributed by atoms with van der Waals surface area (Å²) in [5, 5.41) is 11.1. The molecule has 1 saturated heterocycles. The fourth-order valence-corrected chi connectivity index (χ4v) is 1.30. The van der Waals surface area contributed by atoms with Crippen molar-refractivity contribution in [3.63, 3.8) is 0 Å². The Labute approximate surface area is 87.2 Å². The summed E-state index contributed by atoms with van der Waals surface area (Å²) in [6.45, 7) is 1.43. The van der Waals surface area contributed by atoms with Crippen LogP contribution in [0.2, 0.25) is 0 Å². The largest absolute Gasteiger partial charge is 0.393 e. The molecule has 0 bridgehead atoms. The monoisotopic (exact) mass is 214 g/mol. The van der Waals surface area contributed by atoms with E-state index in [1.807, 2.05) is 0 Å². The molecule has 0 aromatic rings. The zero-order valence-electron chi connectivity index (χ0n) is 8.52. The summed E-state index contributed by atoms with van der Waals surface area (Å²) in [7, 11) is 0. The van der Waals surface area contributed by atoms with Crippen molar-refractivity contribution in [2.45, 2.75) is 25.9 Å². The lowest BCUT2D eigenvalue weighted by Gasteiger charge is -2.25. The van der Waals surface area contributed by atoms with E-state index in [9.17, 15) is 14.4 Å². The van der Waals surface area contributed by atoms with Gasteiger partial charge in [-0.1, -0.05) is 0 Å². The van der Waals surface area contributed by atoms with Crippen LogP contribution in [0.5, 0.6) is 0 Å². The van der Waals surface area contributed by atoms with Gasteiger partial charge in [-0.05, 0) is 13.3 Å². The molecule has 0 aromatic heterocycles. The summed E-state index contributed by atoms with van der Waals surface area (Å²) in [6, 6.07) is 0. The Hall–Kier alpha value is -1.43. The zero-order chi connectivity index (χ0) is 11.4. The minimum Gasteiger partial charge on any atom is -0.393 e. The Morgan fingerprint density at radius 1 is 1.47 bits per heavy atom. The lowest BCUT2D eigenvalue weighted by atomic mass is 10.2. The third-order valence-corrected chi connectivity index (χ3v) is 2.08. The number of nitrogens with zero attached hydrogens (tertiary/aromatic N) is 1. The van der Waals surface area contributed by atoms with Crippen molar-refractivity contribution in [2.75, 3.05) is 13.1 Å². The second-order valence-electron chi connectivity index (χ2n) is 3.61. The highest BCUT2D eigenvalue weighted by Crippen LogP contribution is 2.03. The van der Waals surface area contributed by atoms with Gasteiger partial charge in [0.05, 0.1) is 6.10 Å². The number of amides is 3. The maximum absolute atomic E-state index is 11.5. The number of hydrogen-bond donors (Lipinski definition) is 2. The Bertz CT molecular complexity index is 272. The average molecular weight is 214 g/mol. The minimum absolute atomic E-state index is 0.0790. The summed E-state index contributed by atoms with van der Waals surface area (Å²) < 4.78 is 0. The lowest BCUT2D eigenvalue weighted by Crippen LogP contribution is -2.53. The number of aliphatic hydroxyl groups excluding tert-OH is 1. The van der Waals surface area contributed by atoms with Crippen LogP contribution in [-0.4, -0.2) is 46.9 Å². The highest BCUT2D eigenvalue weighted by Gasteiger charge is 2.25. The zero-order valence-corrected chi connectivity index (χ0v) is 8.52. The number of rotatable bonds is 3. The first-order valence-electron chi connectivity index (χ1n) is 4.77. The van der Waals surface area contributed by atoms with Crippen molar-refractivity contribution >= 4 is 17.7 Å². The van der Waals surface area contributed by atoms with E-state index in [0.29, 0.717) is 6.42 Å². The van der Waals surface area contributed by atoms with Crippen molar-refractivity contribution in [3.05, 3.63) is 0 Å². The molecule has 6 nitrogen and oxygen atoms in total. The van der Waals surface area contributed by atoms with Gasteiger partial charge in [-0.2, -0.15) is 0 Å². The van der Waals surface area contributed by atoms with Gasteiger partial charge < -0.3 is 10.0 Å². The maximum atomic E-state index is 11.5. The molecule has 0 aromatic carbocycles. The first-order chi connectivity index (χ1) is 6.99. The molecular weight excluding hydrogens is 200 g/mol. The van der Waals surface area contributed by atoms with E-state index in [0.717, 1.165) is 0 Å². The Balaban J connectivity index is 2.45. The average Bonchev–Trinajstić information content (AvgIpc) is 2.12. The Kier molecular flexibility index (Phi) is 3.79. The summed E-state index contributed by atoms with van der Waals surface area (Å²) in [6.07, 6.45) is -0.0631. The number of nitrogens with one attached hydrogen (secondary N) is 1. The molecule has 1 aliphatic heterocycles. The van der Waals surface area contributed by atoms with Crippen molar-refractivity contribution in [3.8, 4) is 0 Å². The van der Waals surface area contributed by atoms with E-state index in [-0.39, 0.29) is 25.4 Å². The van der Waals surface area contributed by atoms with Crippen molar-refractivity contribution in [1.29, 1.82) is 0 Å². The van der Waals surface area contributed by atoms with Crippen LogP contribution in [-0.2, 0) is 14.4 Å². The van der Waals surface area contributed by atoms with Crippen molar-refractivity contribution in [2.24, 2.45) is 0 Å². The standard InChI is InChI=1S/C9H14N2O4/c1-6(12)2-3-9(15)11-4-7(13)10-8(14)5-11/h6,12H,2-5H2,1H3,(H,10,13,14). The van der Waals surface area contributed by atoms with Crippen LogP contribution >= 0.6 is 0 Å². The quantitative estimate of drug-likeness (QED) is 0.568. The van der Waals surface area contributed by atoms with Crippen LogP contribution in [0.25, 0.3) is 0 Å². The van der Waals surface area contributed by atoms with Crippen LogP contribution in [0.1, 0.15) is 19.8 Å². The molecular formula is C9H14N2O4. The van der Waals surface area contributed by atoms with Gasteiger partial charge in [0.25, 0.3) is 0 Å².